The second-order valence-electron chi connectivity index (χ2n) is 4.16. The lowest BCUT2D eigenvalue weighted by Crippen LogP contribution is -2.05. The van der Waals surface area contributed by atoms with Gasteiger partial charge in [-0.15, -0.1) is 0 Å². The molecule has 0 aliphatic carbocycles. The molecule has 0 saturated heterocycles. The van der Waals surface area contributed by atoms with Crippen molar-refractivity contribution in [2.24, 2.45) is 0 Å². The minimum atomic E-state index is -0.473. The molecular formula is C14H13NO5. The van der Waals surface area contributed by atoms with Gasteiger partial charge in [-0.3, -0.25) is 14.9 Å². The van der Waals surface area contributed by atoms with E-state index < -0.39 is 4.92 Å². The molecule has 0 spiro atoms. The summed E-state index contributed by atoms with van der Waals surface area (Å²) in [6.07, 6.45) is 2.28. The van der Waals surface area contributed by atoms with E-state index in [1.165, 1.54) is 12.1 Å². The maximum absolute atomic E-state index is 11.5. The quantitative estimate of drug-likeness (QED) is 0.460. The number of esters is 1. The summed E-state index contributed by atoms with van der Waals surface area (Å²) in [5.41, 5.74) is 0.722. The first-order valence-corrected chi connectivity index (χ1v) is 6.06. The summed E-state index contributed by atoms with van der Waals surface area (Å²) in [5, 5.41) is 10.5. The second-order valence-corrected chi connectivity index (χ2v) is 4.16. The van der Waals surface area contributed by atoms with Crippen LogP contribution in [0.4, 0.5) is 5.69 Å². The maximum Gasteiger partial charge on any atom is 0.306 e. The Hall–Kier alpha value is -2.63. The fraction of sp³-hybridized carbons (Fsp3) is 0.214. The molecule has 1 aromatic heterocycles. The van der Waals surface area contributed by atoms with Gasteiger partial charge in [0.2, 0.25) is 0 Å². The van der Waals surface area contributed by atoms with Crippen LogP contribution in [0, 0.1) is 10.1 Å². The van der Waals surface area contributed by atoms with Crippen molar-refractivity contribution in [3.05, 3.63) is 64.1 Å². The number of aryl methyl sites for hydroxylation is 1. The summed E-state index contributed by atoms with van der Waals surface area (Å²) < 4.78 is 10.2. The molecule has 2 rings (SSSR count). The van der Waals surface area contributed by atoms with E-state index in [1.807, 2.05) is 0 Å². The molecule has 0 radical (unpaired) electrons. The first-order valence-electron chi connectivity index (χ1n) is 6.06. The average Bonchev–Trinajstić information content (AvgIpc) is 2.96. The number of carbonyl (C=O) groups excluding carboxylic acids is 1. The van der Waals surface area contributed by atoms with E-state index in [-0.39, 0.29) is 24.7 Å². The fourth-order valence-electron chi connectivity index (χ4n) is 1.63. The van der Waals surface area contributed by atoms with Gasteiger partial charge in [-0.2, -0.15) is 0 Å². The Kier molecular flexibility index (Phi) is 4.49. The van der Waals surface area contributed by atoms with Crippen LogP contribution in [0.25, 0.3) is 0 Å². The third-order valence-corrected chi connectivity index (χ3v) is 2.70. The van der Waals surface area contributed by atoms with Gasteiger partial charge in [0.25, 0.3) is 5.69 Å². The number of hydrogen-bond donors (Lipinski definition) is 0. The number of benzene rings is 1. The topological polar surface area (TPSA) is 82.6 Å². The minimum absolute atomic E-state index is 0.0119. The largest absolute Gasteiger partial charge is 0.469 e. The molecule has 0 aliphatic heterocycles. The standard InChI is InChI=1S/C14H13NO5/c16-14(8-7-13-2-1-9-19-13)20-10-11-3-5-12(6-4-11)15(17)18/h1-6,9H,7-8,10H2. The van der Waals surface area contributed by atoms with Crippen LogP contribution in [-0.2, 0) is 22.6 Å². The first-order chi connectivity index (χ1) is 9.65. The van der Waals surface area contributed by atoms with Crippen LogP contribution >= 0.6 is 0 Å². The number of rotatable bonds is 6. The van der Waals surface area contributed by atoms with E-state index in [0.29, 0.717) is 12.0 Å². The molecule has 1 aromatic carbocycles. The number of carbonyl (C=O) groups is 1. The Balaban J connectivity index is 1.76. The molecule has 20 heavy (non-hydrogen) atoms. The molecule has 6 nitrogen and oxygen atoms in total. The van der Waals surface area contributed by atoms with Gasteiger partial charge in [-0.1, -0.05) is 0 Å². The highest BCUT2D eigenvalue weighted by atomic mass is 16.6. The highest BCUT2D eigenvalue weighted by Gasteiger charge is 2.07. The van der Waals surface area contributed by atoms with Gasteiger partial charge >= 0.3 is 5.97 Å². The number of ether oxygens (including phenoxy) is 1. The molecule has 0 amide bonds. The zero-order valence-electron chi connectivity index (χ0n) is 10.7. The lowest BCUT2D eigenvalue weighted by molar-refractivity contribution is -0.384. The number of nitrogens with zero attached hydrogens (tertiary/aromatic N) is 1. The SMILES string of the molecule is O=C(CCc1ccco1)OCc1ccc([N+](=O)[O-])cc1. The lowest BCUT2D eigenvalue weighted by atomic mass is 10.2. The fourth-order valence-corrected chi connectivity index (χ4v) is 1.63. The third-order valence-electron chi connectivity index (χ3n) is 2.70. The molecule has 0 saturated carbocycles. The molecule has 0 bridgehead atoms. The van der Waals surface area contributed by atoms with Gasteiger partial charge < -0.3 is 9.15 Å². The number of nitro benzene ring substituents is 1. The van der Waals surface area contributed by atoms with E-state index in [9.17, 15) is 14.9 Å². The average molecular weight is 275 g/mol. The number of nitro groups is 1. The highest BCUT2D eigenvalue weighted by Crippen LogP contribution is 2.13. The van der Waals surface area contributed by atoms with E-state index in [2.05, 4.69) is 0 Å². The van der Waals surface area contributed by atoms with Crippen LogP contribution < -0.4 is 0 Å². The summed E-state index contributed by atoms with van der Waals surface area (Å²) in [7, 11) is 0. The molecule has 0 aliphatic rings. The molecular weight excluding hydrogens is 262 g/mol. The van der Waals surface area contributed by atoms with Gasteiger partial charge in [-0.05, 0) is 29.8 Å². The van der Waals surface area contributed by atoms with E-state index in [1.54, 1.807) is 30.5 Å². The van der Waals surface area contributed by atoms with Gasteiger partial charge in [0.15, 0.2) is 0 Å². The molecule has 6 heteroatoms. The molecule has 0 fully saturated rings. The van der Waals surface area contributed by atoms with Crippen molar-refractivity contribution in [1.29, 1.82) is 0 Å². The number of non-ortho nitro benzene ring substituents is 1. The molecule has 0 N–H and O–H groups in total. The normalized spacial score (nSPS) is 10.2. The zero-order valence-corrected chi connectivity index (χ0v) is 10.7. The van der Waals surface area contributed by atoms with E-state index in [4.69, 9.17) is 9.15 Å². The van der Waals surface area contributed by atoms with Crippen LogP contribution in [-0.4, -0.2) is 10.9 Å². The summed E-state index contributed by atoms with van der Waals surface area (Å²) in [5.74, 6) is 0.400. The Labute approximate surface area is 115 Å². The maximum atomic E-state index is 11.5. The van der Waals surface area contributed by atoms with Crippen LogP contribution in [0.15, 0.2) is 47.1 Å². The van der Waals surface area contributed by atoms with Crippen molar-refractivity contribution in [3.8, 4) is 0 Å². The molecule has 1 heterocycles. The predicted octanol–water partition coefficient (Wildman–Crippen LogP) is 2.86. The van der Waals surface area contributed by atoms with Gasteiger partial charge in [0, 0.05) is 18.6 Å². The van der Waals surface area contributed by atoms with Crippen LogP contribution in [0.1, 0.15) is 17.7 Å². The number of hydrogen-bond acceptors (Lipinski definition) is 5. The van der Waals surface area contributed by atoms with Gasteiger partial charge in [0.1, 0.15) is 12.4 Å². The number of furan rings is 1. The van der Waals surface area contributed by atoms with Crippen molar-refractivity contribution in [1.82, 2.24) is 0 Å². The monoisotopic (exact) mass is 275 g/mol. The zero-order chi connectivity index (χ0) is 14.4. The van der Waals surface area contributed by atoms with Crippen molar-refractivity contribution in [2.45, 2.75) is 19.4 Å². The molecule has 2 aromatic rings. The van der Waals surface area contributed by atoms with Crippen molar-refractivity contribution >= 4 is 11.7 Å². The summed E-state index contributed by atoms with van der Waals surface area (Å²) in [6, 6.07) is 9.45. The van der Waals surface area contributed by atoms with Gasteiger partial charge in [0.05, 0.1) is 17.6 Å². The molecule has 0 atom stereocenters. The Bertz CT molecular complexity index is 574. The Morgan fingerprint density at radius 3 is 2.60 bits per heavy atom. The Morgan fingerprint density at radius 1 is 1.25 bits per heavy atom. The lowest BCUT2D eigenvalue weighted by Gasteiger charge is -2.04. The molecule has 104 valence electrons. The predicted molar refractivity (Wildman–Crippen MR) is 69.9 cm³/mol. The summed E-state index contributed by atoms with van der Waals surface area (Å²) in [6.45, 7) is 0.106. The molecule has 0 unspecified atom stereocenters. The smallest absolute Gasteiger partial charge is 0.306 e. The Morgan fingerprint density at radius 2 is 2.00 bits per heavy atom. The van der Waals surface area contributed by atoms with Gasteiger partial charge in [-0.25, -0.2) is 0 Å². The van der Waals surface area contributed by atoms with Crippen LogP contribution in [0.5, 0.6) is 0 Å². The van der Waals surface area contributed by atoms with Crippen LogP contribution in [0.3, 0.4) is 0 Å². The van der Waals surface area contributed by atoms with E-state index in [0.717, 1.165) is 5.76 Å². The summed E-state index contributed by atoms with van der Waals surface area (Å²) >= 11 is 0. The first kappa shape index (κ1) is 13.8. The third kappa shape index (κ3) is 3.94. The summed E-state index contributed by atoms with van der Waals surface area (Å²) in [4.78, 5) is 21.5. The van der Waals surface area contributed by atoms with Crippen molar-refractivity contribution < 1.29 is 18.9 Å². The highest BCUT2D eigenvalue weighted by molar-refractivity contribution is 5.69. The van der Waals surface area contributed by atoms with Crippen molar-refractivity contribution in [3.63, 3.8) is 0 Å². The van der Waals surface area contributed by atoms with E-state index >= 15 is 0 Å². The minimum Gasteiger partial charge on any atom is -0.469 e. The van der Waals surface area contributed by atoms with Crippen molar-refractivity contribution in [2.75, 3.05) is 0 Å². The second kappa shape index (κ2) is 6.51. The van der Waals surface area contributed by atoms with Crippen LogP contribution in [0.2, 0.25) is 0 Å².